The fourth-order valence-electron chi connectivity index (χ4n) is 2.27. The first-order valence-corrected chi connectivity index (χ1v) is 7.75. The van der Waals surface area contributed by atoms with Gasteiger partial charge in [0.05, 0.1) is 5.25 Å². The lowest BCUT2D eigenvalue weighted by atomic mass is 10.1. The number of hydrogen-bond donors (Lipinski definition) is 1. The van der Waals surface area contributed by atoms with Gasteiger partial charge in [-0.1, -0.05) is 28.1 Å². The van der Waals surface area contributed by atoms with E-state index in [2.05, 4.69) is 15.9 Å². The number of halogens is 1. The van der Waals surface area contributed by atoms with Crippen LogP contribution in [0.25, 0.3) is 0 Å². The molecule has 0 heterocycles. The molecule has 1 saturated carbocycles. The summed E-state index contributed by atoms with van der Waals surface area (Å²) < 4.78 is 24.0. The number of aliphatic hydroxyl groups excluding tert-OH is 1. The van der Waals surface area contributed by atoms with Gasteiger partial charge in [0.25, 0.3) is 0 Å². The predicted octanol–water partition coefficient (Wildman–Crippen LogP) is 1.57. The van der Waals surface area contributed by atoms with Gasteiger partial charge in [-0.05, 0) is 17.7 Å². The Morgan fingerprint density at radius 1 is 1.31 bits per heavy atom. The van der Waals surface area contributed by atoms with Crippen LogP contribution in [-0.2, 0) is 9.84 Å². The Bertz CT molecular complexity index is 480. The number of aliphatic hydroxyl groups is 1. The summed E-state index contributed by atoms with van der Waals surface area (Å²) in [5, 5.41) is 8.73. The van der Waals surface area contributed by atoms with E-state index in [9.17, 15) is 8.42 Å². The molecule has 0 bridgehead atoms. The molecular weight excluding hydrogens is 292 g/mol. The van der Waals surface area contributed by atoms with Gasteiger partial charge in [0.1, 0.15) is 0 Å². The van der Waals surface area contributed by atoms with Crippen molar-refractivity contribution in [1.29, 1.82) is 0 Å². The fourth-order valence-corrected chi connectivity index (χ4v) is 4.22. The third kappa shape index (κ3) is 2.17. The largest absolute Gasteiger partial charge is 0.396 e. The number of benzene rings is 1. The Kier molecular flexibility index (Phi) is 3.11. The van der Waals surface area contributed by atoms with Crippen molar-refractivity contribution in [2.75, 3.05) is 12.9 Å². The molecule has 0 aromatic heterocycles. The van der Waals surface area contributed by atoms with Gasteiger partial charge in [0.15, 0.2) is 9.84 Å². The van der Waals surface area contributed by atoms with E-state index in [1.54, 1.807) is 0 Å². The van der Waals surface area contributed by atoms with Crippen LogP contribution in [0.4, 0.5) is 0 Å². The van der Waals surface area contributed by atoms with E-state index in [4.69, 9.17) is 5.11 Å². The lowest BCUT2D eigenvalue weighted by Gasteiger charge is -1.99. The molecule has 0 spiro atoms. The average molecular weight is 305 g/mol. The first-order valence-electron chi connectivity index (χ1n) is 5.00. The molecule has 2 rings (SSSR count). The minimum absolute atomic E-state index is 0.0481. The lowest BCUT2D eigenvalue weighted by molar-refractivity contribution is 0.274. The molecule has 3 atom stereocenters. The van der Waals surface area contributed by atoms with Crippen molar-refractivity contribution in [2.24, 2.45) is 5.92 Å². The summed E-state index contributed by atoms with van der Waals surface area (Å²) in [5.41, 5.74) is 0.984. The third-order valence-electron chi connectivity index (χ3n) is 3.06. The number of sulfone groups is 1. The molecule has 1 N–H and O–H groups in total. The summed E-state index contributed by atoms with van der Waals surface area (Å²) >= 11 is 3.33. The highest BCUT2D eigenvalue weighted by molar-refractivity contribution is 9.10. The van der Waals surface area contributed by atoms with E-state index in [1.807, 2.05) is 24.3 Å². The maximum atomic E-state index is 11.5. The van der Waals surface area contributed by atoms with Crippen LogP contribution in [0.1, 0.15) is 11.5 Å². The summed E-state index contributed by atoms with van der Waals surface area (Å²) in [4.78, 5) is 0. The molecule has 1 fully saturated rings. The lowest BCUT2D eigenvalue weighted by Crippen LogP contribution is -2.08. The Morgan fingerprint density at radius 3 is 2.25 bits per heavy atom. The molecule has 1 aliphatic carbocycles. The molecular formula is C11H13BrO3S. The van der Waals surface area contributed by atoms with Crippen molar-refractivity contribution >= 4 is 25.8 Å². The molecule has 1 aliphatic rings. The predicted molar refractivity (Wildman–Crippen MR) is 66.1 cm³/mol. The summed E-state index contributed by atoms with van der Waals surface area (Å²) in [7, 11) is -3.07. The van der Waals surface area contributed by atoms with E-state index in [-0.39, 0.29) is 18.4 Å². The smallest absolute Gasteiger partial charge is 0.151 e. The molecule has 16 heavy (non-hydrogen) atoms. The SMILES string of the molecule is CS(=O)(=O)[C@@H]1[C@@H](CO)[C@H]1c1ccc(Br)cc1. The number of rotatable bonds is 3. The molecule has 5 heteroatoms. The van der Waals surface area contributed by atoms with Crippen molar-refractivity contribution in [3.05, 3.63) is 34.3 Å². The van der Waals surface area contributed by atoms with Crippen LogP contribution in [-0.4, -0.2) is 31.6 Å². The molecule has 1 aromatic carbocycles. The molecule has 0 aliphatic heterocycles. The summed E-state index contributed by atoms with van der Waals surface area (Å²) in [6.07, 6.45) is 1.24. The highest BCUT2D eigenvalue weighted by Gasteiger charge is 2.56. The fraction of sp³-hybridized carbons (Fsp3) is 0.455. The molecule has 1 aromatic rings. The normalized spacial score (nSPS) is 29.1. The number of hydrogen-bond acceptors (Lipinski definition) is 3. The zero-order valence-corrected chi connectivity index (χ0v) is 11.2. The van der Waals surface area contributed by atoms with E-state index >= 15 is 0 Å². The van der Waals surface area contributed by atoms with Crippen LogP contribution in [0.15, 0.2) is 28.7 Å². The Morgan fingerprint density at radius 2 is 1.88 bits per heavy atom. The maximum absolute atomic E-state index is 11.5. The van der Waals surface area contributed by atoms with Crippen LogP contribution in [0, 0.1) is 5.92 Å². The second-order valence-corrected chi connectivity index (χ2v) is 7.34. The topological polar surface area (TPSA) is 54.4 Å². The summed E-state index contributed by atoms with van der Waals surface area (Å²) in [5.74, 6) is -0.190. The van der Waals surface area contributed by atoms with Gasteiger partial charge in [-0.15, -0.1) is 0 Å². The van der Waals surface area contributed by atoms with Crippen LogP contribution in [0.3, 0.4) is 0 Å². The van der Waals surface area contributed by atoms with Gasteiger partial charge in [-0.25, -0.2) is 8.42 Å². The maximum Gasteiger partial charge on any atom is 0.151 e. The Labute approximate surface area is 104 Å². The first kappa shape index (κ1) is 12.1. The van der Waals surface area contributed by atoms with Crippen molar-refractivity contribution in [2.45, 2.75) is 11.2 Å². The summed E-state index contributed by atoms with van der Waals surface area (Å²) in [6, 6.07) is 7.59. The van der Waals surface area contributed by atoms with Crippen molar-refractivity contribution in [3.8, 4) is 0 Å². The van der Waals surface area contributed by atoms with Gasteiger partial charge < -0.3 is 5.11 Å². The molecule has 0 saturated heterocycles. The van der Waals surface area contributed by atoms with Gasteiger partial charge in [-0.2, -0.15) is 0 Å². The highest BCUT2D eigenvalue weighted by atomic mass is 79.9. The molecule has 3 nitrogen and oxygen atoms in total. The van der Waals surface area contributed by atoms with E-state index in [0.29, 0.717) is 0 Å². The van der Waals surface area contributed by atoms with Gasteiger partial charge in [-0.3, -0.25) is 0 Å². The Hall–Kier alpha value is -0.390. The minimum atomic E-state index is -3.07. The first-order chi connectivity index (χ1) is 7.45. The van der Waals surface area contributed by atoms with Crippen molar-refractivity contribution in [3.63, 3.8) is 0 Å². The zero-order chi connectivity index (χ0) is 11.9. The van der Waals surface area contributed by atoms with E-state index < -0.39 is 15.1 Å². The second kappa shape index (κ2) is 4.13. The standard InChI is InChI=1S/C11H13BrO3S/c1-16(14,15)11-9(6-13)10(11)7-2-4-8(12)5-3-7/h2-5,9-11,13H,6H2,1H3/t9-,10+,11+/m0/s1. The van der Waals surface area contributed by atoms with Crippen molar-refractivity contribution in [1.82, 2.24) is 0 Å². The molecule has 0 radical (unpaired) electrons. The zero-order valence-electron chi connectivity index (χ0n) is 8.80. The average Bonchev–Trinajstić information content (AvgIpc) is 2.92. The molecule has 0 unspecified atom stereocenters. The van der Waals surface area contributed by atoms with Gasteiger partial charge in [0.2, 0.25) is 0 Å². The molecule has 88 valence electrons. The second-order valence-electron chi connectivity index (χ2n) is 4.22. The van der Waals surface area contributed by atoms with Crippen LogP contribution < -0.4 is 0 Å². The van der Waals surface area contributed by atoms with Gasteiger partial charge in [0, 0.05) is 29.2 Å². The van der Waals surface area contributed by atoms with Crippen molar-refractivity contribution < 1.29 is 13.5 Å². The minimum Gasteiger partial charge on any atom is -0.396 e. The third-order valence-corrected chi connectivity index (χ3v) is 5.22. The summed E-state index contributed by atoms with van der Waals surface area (Å²) in [6.45, 7) is -0.0710. The van der Waals surface area contributed by atoms with E-state index in [1.165, 1.54) is 6.26 Å². The van der Waals surface area contributed by atoms with Crippen LogP contribution in [0.5, 0.6) is 0 Å². The highest BCUT2D eigenvalue weighted by Crippen LogP contribution is 2.51. The quantitative estimate of drug-likeness (QED) is 0.922. The van der Waals surface area contributed by atoms with Crippen LogP contribution >= 0.6 is 15.9 Å². The molecule has 0 amide bonds. The van der Waals surface area contributed by atoms with E-state index in [0.717, 1.165) is 10.0 Å². The van der Waals surface area contributed by atoms with Crippen LogP contribution in [0.2, 0.25) is 0 Å². The Balaban J connectivity index is 2.27. The monoisotopic (exact) mass is 304 g/mol. The van der Waals surface area contributed by atoms with Gasteiger partial charge >= 0.3 is 0 Å².